The molecule has 1 heterocycles. The lowest BCUT2D eigenvalue weighted by molar-refractivity contribution is 0.00578. The van der Waals surface area contributed by atoms with Crippen molar-refractivity contribution in [2.24, 2.45) is 5.73 Å². The number of rotatable bonds is 1. The predicted octanol–water partition coefficient (Wildman–Crippen LogP) is 3.37. The van der Waals surface area contributed by atoms with E-state index in [2.05, 4.69) is 43.9 Å². The third-order valence-corrected chi connectivity index (χ3v) is 5.93. The summed E-state index contributed by atoms with van der Waals surface area (Å²) in [5.74, 6) is 0.277. The summed E-state index contributed by atoms with van der Waals surface area (Å²) < 4.78 is 12.5. The van der Waals surface area contributed by atoms with Crippen LogP contribution < -0.4 is 5.73 Å². The van der Waals surface area contributed by atoms with Crippen LogP contribution in [0.4, 0.5) is 0 Å². The minimum atomic E-state index is -0.267. The quantitative estimate of drug-likeness (QED) is 0.596. The Morgan fingerprint density at radius 3 is 2.15 bits per heavy atom. The van der Waals surface area contributed by atoms with Gasteiger partial charge >= 0.3 is 7.12 Å². The molecule has 5 heteroatoms. The van der Waals surface area contributed by atoms with Crippen molar-refractivity contribution < 1.29 is 9.31 Å². The average Bonchev–Trinajstić information content (AvgIpc) is 2.49. The lowest BCUT2D eigenvalue weighted by Crippen LogP contribution is -2.42. The van der Waals surface area contributed by atoms with Gasteiger partial charge in [0.2, 0.25) is 0 Å². The Kier molecular flexibility index (Phi) is 4.63. The van der Waals surface area contributed by atoms with Crippen LogP contribution in [0.2, 0.25) is 5.82 Å². The lowest BCUT2D eigenvalue weighted by atomic mass is 9.62. The average molecular weight is 299 g/mol. The van der Waals surface area contributed by atoms with E-state index in [1.807, 2.05) is 0 Å². The SMILES string of the molecule is CC1(P)CCCCC(N)C(B2OC(C)(C)C(C)(C)O2)C1. The summed E-state index contributed by atoms with van der Waals surface area (Å²) in [4.78, 5) is 0. The lowest BCUT2D eigenvalue weighted by Gasteiger charge is -2.36. The fraction of sp³-hybridized carbons (Fsp3) is 1.00. The summed E-state index contributed by atoms with van der Waals surface area (Å²) in [5.41, 5.74) is 5.92. The number of nitrogens with two attached hydrogens (primary N) is 1. The van der Waals surface area contributed by atoms with Crippen LogP contribution in [0.1, 0.15) is 66.7 Å². The molecule has 0 bridgehead atoms. The molecule has 3 nitrogen and oxygen atoms in total. The highest BCUT2D eigenvalue weighted by Crippen LogP contribution is 2.46. The summed E-state index contributed by atoms with van der Waals surface area (Å²) in [6.45, 7) is 10.8. The van der Waals surface area contributed by atoms with Crippen LogP contribution in [-0.2, 0) is 9.31 Å². The zero-order valence-electron chi connectivity index (χ0n) is 13.7. The van der Waals surface area contributed by atoms with E-state index in [1.54, 1.807) is 0 Å². The first kappa shape index (κ1) is 16.7. The van der Waals surface area contributed by atoms with Gasteiger partial charge < -0.3 is 15.0 Å². The molecule has 0 amide bonds. The second kappa shape index (κ2) is 5.54. The van der Waals surface area contributed by atoms with Crippen molar-refractivity contribution in [2.45, 2.75) is 94.9 Å². The molecule has 116 valence electrons. The highest BCUT2D eigenvalue weighted by atomic mass is 31.0. The van der Waals surface area contributed by atoms with Gasteiger partial charge in [-0.25, -0.2) is 0 Å². The highest BCUT2D eigenvalue weighted by Gasteiger charge is 2.55. The Morgan fingerprint density at radius 1 is 1.05 bits per heavy atom. The first-order valence-electron chi connectivity index (χ1n) is 7.94. The van der Waals surface area contributed by atoms with Gasteiger partial charge in [-0.2, -0.15) is 0 Å². The Balaban J connectivity index is 2.16. The number of hydrogen-bond donors (Lipinski definition) is 1. The van der Waals surface area contributed by atoms with E-state index in [9.17, 15) is 0 Å². The van der Waals surface area contributed by atoms with Crippen LogP contribution in [0.15, 0.2) is 0 Å². The molecule has 1 aliphatic carbocycles. The summed E-state index contributed by atoms with van der Waals surface area (Å²) in [7, 11) is 2.86. The normalized spacial score (nSPS) is 41.2. The van der Waals surface area contributed by atoms with Crippen LogP contribution in [-0.4, -0.2) is 29.5 Å². The maximum absolute atomic E-state index is 6.46. The standard InChI is InChI=1S/C15H31BNO2P/c1-13(2)14(3,4)19-16(18-13)11-10-15(5,20)9-7-6-8-12(11)17/h11-12H,6-10,17,20H2,1-5H3. The first-order chi connectivity index (χ1) is 9.04. The third-order valence-electron chi connectivity index (χ3n) is 5.41. The van der Waals surface area contributed by atoms with Crippen LogP contribution in [0, 0.1) is 0 Å². The molecular formula is C15H31BNO2P. The minimum absolute atomic E-state index is 0.171. The largest absolute Gasteiger partial charge is 0.462 e. The second-order valence-electron chi connectivity index (χ2n) is 8.06. The molecule has 0 aromatic rings. The molecule has 2 fully saturated rings. The first-order valence-corrected chi connectivity index (χ1v) is 8.52. The van der Waals surface area contributed by atoms with Gasteiger partial charge in [-0.05, 0) is 52.1 Å². The van der Waals surface area contributed by atoms with Gasteiger partial charge in [0.1, 0.15) is 0 Å². The fourth-order valence-corrected chi connectivity index (χ4v) is 3.75. The summed E-state index contributed by atoms with van der Waals surface area (Å²) in [6.07, 6.45) is 5.84. The van der Waals surface area contributed by atoms with Gasteiger partial charge in [0.15, 0.2) is 0 Å². The summed E-state index contributed by atoms with van der Waals surface area (Å²) in [6, 6.07) is 0.171. The topological polar surface area (TPSA) is 44.5 Å². The third kappa shape index (κ3) is 3.40. The van der Waals surface area contributed by atoms with Crippen LogP contribution in [0.25, 0.3) is 0 Å². The molecule has 0 aromatic carbocycles. The van der Waals surface area contributed by atoms with E-state index in [0.29, 0.717) is 0 Å². The molecule has 1 aliphatic heterocycles. The van der Waals surface area contributed by atoms with E-state index in [0.717, 1.165) is 12.8 Å². The molecule has 2 N–H and O–H groups in total. The summed E-state index contributed by atoms with van der Waals surface area (Å²) >= 11 is 0. The zero-order chi connectivity index (χ0) is 15.2. The van der Waals surface area contributed by atoms with E-state index in [1.165, 1.54) is 19.3 Å². The van der Waals surface area contributed by atoms with Crippen molar-refractivity contribution in [1.29, 1.82) is 0 Å². The van der Waals surface area contributed by atoms with Crippen molar-refractivity contribution in [3.63, 3.8) is 0 Å². The van der Waals surface area contributed by atoms with Gasteiger partial charge in [-0.3, -0.25) is 0 Å². The van der Waals surface area contributed by atoms with Crippen molar-refractivity contribution in [2.75, 3.05) is 0 Å². The van der Waals surface area contributed by atoms with Gasteiger partial charge in [0.25, 0.3) is 0 Å². The smallest absolute Gasteiger partial charge is 0.403 e. The molecule has 1 saturated heterocycles. The molecule has 20 heavy (non-hydrogen) atoms. The van der Waals surface area contributed by atoms with Gasteiger partial charge in [-0.15, -0.1) is 9.24 Å². The predicted molar refractivity (Wildman–Crippen MR) is 89.0 cm³/mol. The zero-order valence-corrected chi connectivity index (χ0v) is 14.9. The molecule has 2 rings (SSSR count). The highest BCUT2D eigenvalue weighted by molar-refractivity contribution is 7.18. The molecule has 4 atom stereocenters. The van der Waals surface area contributed by atoms with Gasteiger partial charge in [-0.1, -0.05) is 19.8 Å². The van der Waals surface area contributed by atoms with E-state index >= 15 is 0 Å². The van der Waals surface area contributed by atoms with Gasteiger partial charge in [0.05, 0.1) is 11.2 Å². The van der Waals surface area contributed by atoms with Gasteiger partial charge in [0, 0.05) is 11.9 Å². The molecule has 2 aliphatic rings. The van der Waals surface area contributed by atoms with Crippen molar-refractivity contribution in [3.05, 3.63) is 0 Å². The molecule has 4 unspecified atom stereocenters. The maximum Gasteiger partial charge on any atom is 0.462 e. The Bertz CT molecular complexity index is 344. The van der Waals surface area contributed by atoms with Crippen LogP contribution in [0.3, 0.4) is 0 Å². The maximum atomic E-state index is 6.46. The number of hydrogen-bond acceptors (Lipinski definition) is 3. The Hall–Kier alpha value is 0.375. The molecule has 0 spiro atoms. The Labute approximate surface area is 127 Å². The molecule has 0 aromatic heterocycles. The molecule has 0 radical (unpaired) electrons. The van der Waals surface area contributed by atoms with E-state index < -0.39 is 0 Å². The van der Waals surface area contributed by atoms with Crippen molar-refractivity contribution in [1.82, 2.24) is 0 Å². The minimum Gasteiger partial charge on any atom is -0.403 e. The fourth-order valence-electron chi connectivity index (χ4n) is 3.28. The second-order valence-corrected chi connectivity index (χ2v) is 9.45. The molecular weight excluding hydrogens is 268 g/mol. The van der Waals surface area contributed by atoms with Crippen molar-refractivity contribution in [3.8, 4) is 0 Å². The van der Waals surface area contributed by atoms with E-state index in [4.69, 9.17) is 15.0 Å². The van der Waals surface area contributed by atoms with Crippen LogP contribution >= 0.6 is 9.24 Å². The van der Waals surface area contributed by atoms with Crippen molar-refractivity contribution >= 4 is 16.4 Å². The van der Waals surface area contributed by atoms with Crippen LogP contribution in [0.5, 0.6) is 0 Å². The van der Waals surface area contributed by atoms with E-state index in [-0.39, 0.29) is 35.3 Å². The molecule has 1 saturated carbocycles. The monoisotopic (exact) mass is 299 g/mol. The Morgan fingerprint density at radius 2 is 1.60 bits per heavy atom. The summed E-state index contributed by atoms with van der Waals surface area (Å²) in [5, 5.41) is 0.242.